The zero-order valence-corrected chi connectivity index (χ0v) is 14.6. The van der Waals surface area contributed by atoms with E-state index in [0.29, 0.717) is 17.7 Å². The number of alkyl halides is 2. The number of fused-ring (bicyclic) bond motifs is 1. The molecule has 8 heteroatoms. The van der Waals surface area contributed by atoms with Crippen LogP contribution in [0.25, 0.3) is 11.3 Å². The van der Waals surface area contributed by atoms with Crippen LogP contribution in [0.5, 0.6) is 11.5 Å². The van der Waals surface area contributed by atoms with Crippen molar-refractivity contribution < 1.29 is 27.5 Å². The van der Waals surface area contributed by atoms with E-state index in [4.69, 9.17) is 9.15 Å². The fraction of sp³-hybridized carbons (Fsp3) is 0.200. The number of amides is 1. The molecule has 6 nitrogen and oxygen atoms in total. The van der Waals surface area contributed by atoms with Gasteiger partial charge in [-0.1, -0.05) is 18.2 Å². The van der Waals surface area contributed by atoms with E-state index < -0.39 is 6.61 Å². The van der Waals surface area contributed by atoms with E-state index >= 15 is 0 Å². The minimum Gasteiger partial charge on any atom is -0.492 e. The van der Waals surface area contributed by atoms with Crippen LogP contribution in [0.2, 0.25) is 0 Å². The minimum absolute atomic E-state index is 0.116. The van der Waals surface area contributed by atoms with Crippen LogP contribution >= 0.6 is 0 Å². The Hall–Kier alpha value is -3.42. The van der Waals surface area contributed by atoms with Crippen LogP contribution in [-0.2, 0) is 11.2 Å². The van der Waals surface area contributed by atoms with E-state index in [0.717, 1.165) is 11.3 Å². The van der Waals surface area contributed by atoms with Gasteiger partial charge < -0.3 is 19.2 Å². The highest BCUT2D eigenvalue weighted by Crippen LogP contribution is 2.34. The number of nitrogens with zero attached hydrogens (tertiary/aromatic N) is 1. The van der Waals surface area contributed by atoms with Crippen molar-refractivity contribution in [2.24, 2.45) is 5.92 Å². The summed E-state index contributed by atoms with van der Waals surface area (Å²) in [6.45, 7) is -2.77. The van der Waals surface area contributed by atoms with Crippen LogP contribution in [-0.4, -0.2) is 24.1 Å². The van der Waals surface area contributed by atoms with Gasteiger partial charge in [-0.05, 0) is 30.2 Å². The van der Waals surface area contributed by atoms with Crippen LogP contribution in [0.3, 0.4) is 0 Å². The van der Waals surface area contributed by atoms with E-state index in [1.165, 1.54) is 24.7 Å². The number of carbonyl (C=O) groups is 1. The Labute approximate surface area is 159 Å². The van der Waals surface area contributed by atoms with Crippen LogP contribution in [0, 0.1) is 5.92 Å². The molecule has 1 aromatic heterocycles. The maximum atomic E-state index is 12.8. The molecule has 1 amide bonds. The molecule has 1 aliphatic rings. The van der Waals surface area contributed by atoms with Gasteiger partial charge in [0.05, 0.1) is 17.7 Å². The number of aromatic nitrogens is 1. The molecule has 1 unspecified atom stereocenters. The van der Waals surface area contributed by atoms with Crippen molar-refractivity contribution in [1.82, 2.24) is 4.98 Å². The highest BCUT2D eigenvalue weighted by atomic mass is 19.3. The van der Waals surface area contributed by atoms with Crippen LogP contribution in [0.1, 0.15) is 5.56 Å². The van der Waals surface area contributed by atoms with Gasteiger partial charge in [0, 0.05) is 11.8 Å². The monoisotopic (exact) mass is 386 g/mol. The number of anilines is 1. The Kier molecular flexibility index (Phi) is 4.92. The number of oxazole rings is 1. The Morgan fingerprint density at radius 3 is 2.89 bits per heavy atom. The third kappa shape index (κ3) is 3.80. The second-order valence-electron chi connectivity index (χ2n) is 6.26. The number of halogens is 2. The zero-order valence-electron chi connectivity index (χ0n) is 14.6. The van der Waals surface area contributed by atoms with Gasteiger partial charge >= 0.3 is 6.61 Å². The third-order valence-electron chi connectivity index (χ3n) is 4.41. The molecule has 0 radical (unpaired) electrons. The summed E-state index contributed by atoms with van der Waals surface area (Å²) in [6.07, 6.45) is 3.12. The predicted octanol–water partition coefficient (Wildman–Crippen LogP) is 4.13. The average Bonchev–Trinajstić information content (AvgIpc) is 3.22. The molecule has 0 spiro atoms. The Balaban J connectivity index is 1.52. The molecule has 28 heavy (non-hydrogen) atoms. The molecule has 0 saturated heterocycles. The second-order valence-corrected chi connectivity index (χ2v) is 6.26. The van der Waals surface area contributed by atoms with Gasteiger partial charge in [-0.3, -0.25) is 4.79 Å². The number of carbonyl (C=O) groups excluding carboxylic acids is 1. The number of nitrogens with one attached hydrogen (secondary N) is 1. The molecule has 2 aromatic carbocycles. The van der Waals surface area contributed by atoms with Gasteiger partial charge in [0.2, 0.25) is 5.91 Å². The zero-order chi connectivity index (χ0) is 19.5. The van der Waals surface area contributed by atoms with Crippen LogP contribution < -0.4 is 14.8 Å². The van der Waals surface area contributed by atoms with Gasteiger partial charge in [0.1, 0.15) is 18.1 Å². The summed E-state index contributed by atoms with van der Waals surface area (Å²) >= 11 is 0. The normalized spacial score (nSPS) is 15.6. The van der Waals surface area contributed by atoms with E-state index in [1.807, 2.05) is 24.3 Å². The number of hydrogen-bond donors (Lipinski definition) is 1. The first kappa shape index (κ1) is 18.0. The maximum Gasteiger partial charge on any atom is 0.387 e. The maximum absolute atomic E-state index is 12.8. The molecule has 4 rings (SSSR count). The summed E-state index contributed by atoms with van der Waals surface area (Å²) in [6, 6.07) is 12.0. The fourth-order valence-electron chi connectivity index (χ4n) is 3.09. The molecule has 1 N–H and O–H groups in total. The number of hydrogen-bond acceptors (Lipinski definition) is 5. The van der Waals surface area contributed by atoms with Gasteiger partial charge in [-0.25, -0.2) is 4.98 Å². The second kappa shape index (κ2) is 7.67. The van der Waals surface area contributed by atoms with Crippen molar-refractivity contribution in [1.29, 1.82) is 0 Å². The van der Waals surface area contributed by atoms with Gasteiger partial charge in [0.15, 0.2) is 12.2 Å². The number of para-hydroxylation sites is 1. The van der Waals surface area contributed by atoms with Crippen molar-refractivity contribution in [3.63, 3.8) is 0 Å². The first-order valence-electron chi connectivity index (χ1n) is 8.59. The predicted molar refractivity (Wildman–Crippen MR) is 96.3 cm³/mol. The lowest BCUT2D eigenvalue weighted by Gasteiger charge is -2.24. The molecular formula is C20H16F2N2O4. The summed E-state index contributed by atoms with van der Waals surface area (Å²) in [7, 11) is 0. The van der Waals surface area contributed by atoms with Gasteiger partial charge in [0.25, 0.3) is 0 Å². The summed E-state index contributed by atoms with van der Waals surface area (Å²) < 4.78 is 41.0. The van der Waals surface area contributed by atoms with Gasteiger partial charge in [-0.2, -0.15) is 8.78 Å². The number of benzene rings is 2. The molecule has 0 bridgehead atoms. The van der Waals surface area contributed by atoms with Crippen molar-refractivity contribution in [3.05, 3.63) is 60.6 Å². The molecular weight excluding hydrogens is 370 g/mol. The summed E-state index contributed by atoms with van der Waals surface area (Å²) in [5, 5.41) is 2.74. The summed E-state index contributed by atoms with van der Waals surface area (Å²) in [4.78, 5) is 16.4. The topological polar surface area (TPSA) is 73.6 Å². The first-order valence-corrected chi connectivity index (χ1v) is 8.59. The summed E-state index contributed by atoms with van der Waals surface area (Å²) in [5.41, 5.74) is 1.60. The highest BCUT2D eigenvalue weighted by Gasteiger charge is 2.26. The fourth-order valence-corrected chi connectivity index (χ4v) is 3.09. The standard InChI is InChI=1S/C20H16F2N2O4/c21-20(22)28-17-8-14(5-6-15(17)18-9-23-11-27-18)24-19(25)13-7-12-3-1-2-4-16(12)26-10-13/h1-6,8-9,11,13,20H,7,10H2,(H,24,25). The largest absolute Gasteiger partial charge is 0.492 e. The lowest BCUT2D eigenvalue weighted by atomic mass is 9.96. The molecule has 1 aliphatic heterocycles. The van der Waals surface area contributed by atoms with Crippen molar-refractivity contribution >= 4 is 11.6 Å². The highest BCUT2D eigenvalue weighted by molar-refractivity contribution is 5.93. The molecule has 3 aromatic rings. The smallest absolute Gasteiger partial charge is 0.387 e. The molecule has 144 valence electrons. The first-order chi connectivity index (χ1) is 13.6. The van der Waals surface area contributed by atoms with Gasteiger partial charge in [-0.15, -0.1) is 0 Å². The van der Waals surface area contributed by atoms with E-state index in [1.54, 1.807) is 6.07 Å². The Morgan fingerprint density at radius 1 is 1.25 bits per heavy atom. The molecule has 0 saturated carbocycles. The van der Waals surface area contributed by atoms with Crippen molar-refractivity contribution in [3.8, 4) is 22.8 Å². The number of rotatable bonds is 5. The lowest BCUT2D eigenvalue weighted by molar-refractivity contribution is -0.121. The average molecular weight is 386 g/mol. The molecule has 0 aliphatic carbocycles. The third-order valence-corrected chi connectivity index (χ3v) is 4.41. The Morgan fingerprint density at radius 2 is 2.11 bits per heavy atom. The van der Waals surface area contributed by atoms with E-state index in [9.17, 15) is 13.6 Å². The Bertz CT molecular complexity index is 976. The quantitative estimate of drug-likeness (QED) is 0.714. The molecule has 2 heterocycles. The van der Waals surface area contributed by atoms with Crippen LogP contribution in [0.4, 0.5) is 14.5 Å². The number of ether oxygens (including phenoxy) is 2. The minimum atomic E-state index is -3.02. The summed E-state index contributed by atoms with van der Waals surface area (Å²) in [5.74, 6) is 0.296. The molecule has 0 fully saturated rings. The van der Waals surface area contributed by atoms with Crippen molar-refractivity contribution in [2.45, 2.75) is 13.0 Å². The van der Waals surface area contributed by atoms with Crippen molar-refractivity contribution in [2.75, 3.05) is 11.9 Å². The lowest BCUT2D eigenvalue weighted by Crippen LogP contribution is -2.32. The molecule has 1 atom stereocenters. The van der Waals surface area contributed by atoms with E-state index in [2.05, 4.69) is 15.0 Å². The van der Waals surface area contributed by atoms with Crippen LogP contribution in [0.15, 0.2) is 59.5 Å². The SMILES string of the molecule is O=C(Nc1ccc(-c2cnco2)c(OC(F)F)c1)C1COc2ccccc2C1. The van der Waals surface area contributed by atoms with E-state index in [-0.39, 0.29) is 29.9 Å².